The number of rotatable bonds is 6. The molecule has 0 aliphatic rings. The van der Waals surface area contributed by atoms with Gasteiger partial charge in [-0.25, -0.2) is 0 Å². The van der Waals surface area contributed by atoms with Gasteiger partial charge in [0.25, 0.3) is 5.91 Å². The molecule has 0 radical (unpaired) electrons. The number of para-hydroxylation sites is 1. The second-order valence-corrected chi connectivity index (χ2v) is 5.37. The van der Waals surface area contributed by atoms with E-state index in [0.29, 0.717) is 22.6 Å². The van der Waals surface area contributed by atoms with E-state index in [4.69, 9.17) is 13.9 Å². The monoisotopic (exact) mass is 339 g/mol. The Balaban J connectivity index is 1.55. The van der Waals surface area contributed by atoms with Gasteiger partial charge in [-0.2, -0.15) is 0 Å². The number of nitrogens with one attached hydrogen (secondary N) is 1. The lowest BCUT2D eigenvalue weighted by Crippen LogP contribution is -2.21. The third-order valence-corrected chi connectivity index (χ3v) is 3.62. The molecule has 0 aliphatic heterocycles. The van der Waals surface area contributed by atoms with Crippen molar-refractivity contribution in [1.29, 1.82) is 0 Å². The van der Waals surface area contributed by atoms with Crippen LogP contribution in [-0.2, 0) is 20.7 Å². The summed E-state index contributed by atoms with van der Waals surface area (Å²) in [6.07, 6.45) is 1.54. The number of fused-ring (bicyclic) bond motifs is 1. The average molecular weight is 339 g/mol. The van der Waals surface area contributed by atoms with Gasteiger partial charge in [0.2, 0.25) is 0 Å². The summed E-state index contributed by atoms with van der Waals surface area (Å²) in [5, 5.41) is 3.46. The van der Waals surface area contributed by atoms with Crippen molar-refractivity contribution in [3.63, 3.8) is 0 Å². The predicted molar refractivity (Wildman–Crippen MR) is 92.5 cm³/mol. The molecule has 0 saturated carbocycles. The molecule has 2 aromatic carbocycles. The van der Waals surface area contributed by atoms with Gasteiger partial charge in [-0.05, 0) is 24.3 Å². The highest BCUT2D eigenvalue weighted by Crippen LogP contribution is 2.26. The summed E-state index contributed by atoms with van der Waals surface area (Å²) < 4.78 is 15.6. The van der Waals surface area contributed by atoms with E-state index >= 15 is 0 Å². The number of esters is 1. The van der Waals surface area contributed by atoms with E-state index in [2.05, 4.69) is 5.32 Å². The van der Waals surface area contributed by atoms with Crippen molar-refractivity contribution in [2.75, 3.05) is 19.0 Å². The molecule has 6 nitrogen and oxygen atoms in total. The highest BCUT2D eigenvalue weighted by Gasteiger charge is 2.13. The van der Waals surface area contributed by atoms with Crippen LogP contribution in [0.1, 0.15) is 5.56 Å². The topological polar surface area (TPSA) is 77.8 Å². The third kappa shape index (κ3) is 4.17. The Morgan fingerprint density at radius 3 is 2.68 bits per heavy atom. The largest absolute Gasteiger partial charge is 0.497 e. The van der Waals surface area contributed by atoms with Crippen LogP contribution in [0.25, 0.3) is 11.0 Å². The molecule has 0 aliphatic carbocycles. The van der Waals surface area contributed by atoms with Crippen LogP contribution >= 0.6 is 0 Å². The molecule has 1 amide bonds. The minimum Gasteiger partial charge on any atom is -0.497 e. The molecule has 1 N–H and O–H groups in total. The molecule has 3 rings (SSSR count). The molecule has 6 heteroatoms. The Hall–Kier alpha value is -3.28. The van der Waals surface area contributed by atoms with E-state index < -0.39 is 5.97 Å². The molecule has 1 heterocycles. The smallest absolute Gasteiger partial charge is 0.310 e. The Kier molecular flexibility index (Phi) is 4.99. The van der Waals surface area contributed by atoms with Gasteiger partial charge in [0, 0.05) is 22.7 Å². The van der Waals surface area contributed by atoms with E-state index in [1.54, 1.807) is 43.5 Å². The molecule has 0 bridgehead atoms. The number of carbonyl (C=O) groups excluding carboxylic acids is 2. The van der Waals surface area contributed by atoms with Crippen LogP contribution in [0, 0.1) is 0 Å². The minimum absolute atomic E-state index is 0.0257. The van der Waals surface area contributed by atoms with Gasteiger partial charge in [0.1, 0.15) is 11.3 Å². The zero-order chi connectivity index (χ0) is 17.6. The molecular formula is C19H17NO5. The van der Waals surface area contributed by atoms with Crippen molar-refractivity contribution in [3.8, 4) is 5.75 Å². The molecule has 0 fully saturated rings. The van der Waals surface area contributed by atoms with Crippen molar-refractivity contribution in [3.05, 3.63) is 60.4 Å². The first-order chi connectivity index (χ1) is 12.2. The van der Waals surface area contributed by atoms with E-state index in [1.165, 1.54) is 6.26 Å². The standard InChI is InChI=1S/C19H17NO5/c1-23-15-7-8-16-13(11-24-17(16)10-15)9-19(22)25-12-18(21)20-14-5-3-2-4-6-14/h2-8,10-11H,9,12H2,1H3,(H,20,21). The number of methoxy groups -OCH3 is 1. The predicted octanol–water partition coefficient (Wildman–Crippen LogP) is 3.17. The third-order valence-electron chi connectivity index (χ3n) is 3.62. The van der Waals surface area contributed by atoms with Gasteiger partial charge in [-0.3, -0.25) is 9.59 Å². The molecule has 0 saturated heterocycles. The van der Waals surface area contributed by atoms with Crippen LogP contribution in [0.15, 0.2) is 59.2 Å². The van der Waals surface area contributed by atoms with Gasteiger partial charge >= 0.3 is 5.97 Å². The van der Waals surface area contributed by atoms with Crippen LogP contribution in [0.4, 0.5) is 5.69 Å². The fourth-order valence-electron chi connectivity index (χ4n) is 2.40. The van der Waals surface area contributed by atoms with Crippen molar-refractivity contribution in [2.24, 2.45) is 0 Å². The van der Waals surface area contributed by atoms with Crippen LogP contribution in [0.2, 0.25) is 0 Å². The quantitative estimate of drug-likeness (QED) is 0.698. The van der Waals surface area contributed by atoms with Gasteiger partial charge in [0.05, 0.1) is 19.8 Å². The molecule has 3 aromatic rings. The maximum absolute atomic E-state index is 12.0. The highest BCUT2D eigenvalue weighted by atomic mass is 16.5. The number of hydrogen-bond acceptors (Lipinski definition) is 5. The highest BCUT2D eigenvalue weighted by molar-refractivity contribution is 5.93. The van der Waals surface area contributed by atoms with Crippen LogP contribution in [-0.4, -0.2) is 25.6 Å². The normalized spacial score (nSPS) is 10.4. The summed E-state index contributed by atoms with van der Waals surface area (Å²) >= 11 is 0. The summed E-state index contributed by atoms with van der Waals surface area (Å²) in [5.74, 6) is -0.211. The van der Waals surface area contributed by atoms with Gasteiger partial charge in [-0.15, -0.1) is 0 Å². The molecule has 128 valence electrons. The molecule has 0 atom stereocenters. The number of benzene rings is 2. The second kappa shape index (κ2) is 7.53. The van der Waals surface area contributed by atoms with Gasteiger partial charge in [-0.1, -0.05) is 18.2 Å². The van der Waals surface area contributed by atoms with E-state index in [1.807, 2.05) is 12.1 Å². The average Bonchev–Trinajstić information content (AvgIpc) is 3.03. The Morgan fingerprint density at radius 1 is 1.12 bits per heavy atom. The van der Waals surface area contributed by atoms with Crippen LogP contribution in [0.5, 0.6) is 5.75 Å². The number of hydrogen-bond donors (Lipinski definition) is 1. The Bertz CT molecular complexity index is 885. The lowest BCUT2D eigenvalue weighted by atomic mass is 10.1. The maximum Gasteiger partial charge on any atom is 0.310 e. The van der Waals surface area contributed by atoms with Crippen molar-refractivity contribution in [2.45, 2.75) is 6.42 Å². The van der Waals surface area contributed by atoms with Crippen LogP contribution < -0.4 is 10.1 Å². The van der Waals surface area contributed by atoms with Crippen molar-refractivity contribution < 1.29 is 23.5 Å². The number of carbonyl (C=O) groups is 2. The fourth-order valence-corrected chi connectivity index (χ4v) is 2.40. The molecule has 0 spiro atoms. The van der Waals surface area contributed by atoms with E-state index in [-0.39, 0.29) is 18.9 Å². The fraction of sp³-hybridized carbons (Fsp3) is 0.158. The summed E-state index contributed by atoms with van der Waals surface area (Å²) in [6, 6.07) is 14.3. The summed E-state index contributed by atoms with van der Waals surface area (Å²) in [5.41, 5.74) is 1.98. The molecular weight excluding hydrogens is 322 g/mol. The van der Waals surface area contributed by atoms with Crippen molar-refractivity contribution >= 4 is 28.5 Å². The van der Waals surface area contributed by atoms with E-state index in [0.717, 1.165) is 5.39 Å². The van der Waals surface area contributed by atoms with Crippen molar-refractivity contribution in [1.82, 2.24) is 0 Å². The lowest BCUT2D eigenvalue weighted by Gasteiger charge is -2.06. The zero-order valence-corrected chi connectivity index (χ0v) is 13.7. The number of ether oxygens (including phenoxy) is 2. The molecule has 0 unspecified atom stereocenters. The first-order valence-corrected chi connectivity index (χ1v) is 7.70. The maximum atomic E-state index is 12.0. The summed E-state index contributed by atoms with van der Waals surface area (Å²) in [4.78, 5) is 23.7. The first-order valence-electron chi connectivity index (χ1n) is 7.70. The number of furan rings is 1. The number of anilines is 1. The minimum atomic E-state index is -0.498. The first kappa shape index (κ1) is 16.6. The van der Waals surface area contributed by atoms with Crippen LogP contribution in [0.3, 0.4) is 0 Å². The van der Waals surface area contributed by atoms with Gasteiger partial charge < -0.3 is 19.2 Å². The lowest BCUT2D eigenvalue weighted by molar-refractivity contribution is -0.146. The Labute approximate surface area is 144 Å². The molecule has 1 aromatic heterocycles. The summed E-state index contributed by atoms with van der Waals surface area (Å²) in [6.45, 7) is -0.336. The zero-order valence-electron chi connectivity index (χ0n) is 13.7. The van der Waals surface area contributed by atoms with Gasteiger partial charge in [0.15, 0.2) is 6.61 Å². The second-order valence-electron chi connectivity index (χ2n) is 5.37. The SMILES string of the molecule is COc1ccc2c(CC(=O)OCC(=O)Nc3ccccc3)coc2c1. The number of amides is 1. The van der Waals surface area contributed by atoms with E-state index in [9.17, 15) is 9.59 Å². The molecule has 25 heavy (non-hydrogen) atoms. The summed E-state index contributed by atoms with van der Waals surface area (Å²) in [7, 11) is 1.57. The Morgan fingerprint density at radius 2 is 1.92 bits per heavy atom.